The molecule has 0 aliphatic carbocycles. The highest BCUT2D eigenvalue weighted by Crippen LogP contribution is 2.21. The molecule has 0 amide bonds. The number of benzene rings is 1. The van der Waals surface area contributed by atoms with Crippen LogP contribution in [-0.2, 0) is 0 Å². The van der Waals surface area contributed by atoms with Gasteiger partial charge in [-0.15, -0.1) is 0 Å². The van der Waals surface area contributed by atoms with Gasteiger partial charge in [0.25, 0.3) is 0 Å². The summed E-state index contributed by atoms with van der Waals surface area (Å²) in [6, 6.07) is 6.26. The predicted octanol–water partition coefficient (Wildman–Crippen LogP) is 3.06. The first-order valence-electron chi connectivity index (χ1n) is 5.65. The first-order chi connectivity index (χ1) is 7.02. The molecule has 0 aliphatic heterocycles. The number of rotatable bonds is 4. The minimum Gasteiger partial charge on any atom is -0.399 e. The van der Waals surface area contributed by atoms with Gasteiger partial charge < -0.3 is 10.6 Å². The molecule has 2 nitrogen and oxygen atoms in total. The summed E-state index contributed by atoms with van der Waals surface area (Å²) in [6.45, 7) is 10.9. The normalized spacial score (nSPS) is 10.7. The van der Waals surface area contributed by atoms with Crippen molar-refractivity contribution in [3.8, 4) is 0 Å². The van der Waals surface area contributed by atoms with Crippen LogP contribution >= 0.6 is 0 Å². The maximum absolute atomic E-state index is 5.86. The quantitative estimate of drug-likeness (QED) is 0.767. The third-order valence-electron chi connectivity index (χ3n) is 2.42. The molecule has 1 aromatic rings. The first kappa shape index (κ1) is 11.9. The van der Waals surface area contributed by atoms with Crippen LogP contribution in [0, 0.1) is 12.8 Å². The van der Waals surface area contributed by atoms with Gasteiger partial charge >= 0.3 is 0 Å². The average molecular weight is 206 g/mol. The lowest BCUT2D eigenvalue weighted by Crippen LogP contribution is -2.27. The van der Waals surface area contributed by atoms with Crippen LogP contribution in [0.1, 0.15) is 26.3 Å². The Labute approximate surface area is 93.1 Å². The Balaban J connectivity index is 2.91. The molecule has 0 saturated carbocycles. The van der Waals surface area contributed by atoms with Crippen LogP contribution in [0.25, 0.3) is 0 Å². The van der Waals surface area contributed by atoms with Crippen molar-refractivity contribution in [2.45, 2.75) is 27.7 Å². The summed E-state index contributed by atoms with van der Waals surface area (Å²) in [7, 11) is 0. The zero-order valence-electron chi connectivity index (χ0n) is 10.2. The molecule has 0 aliphatic rings. The van der Waals surface area contributed by atoms with Gasteiger partial charge in [-0.05, 0) is 43.5 Å². The molecule has 84 valence electrons. The molecule has 1 rings (SSSR count). The fourth-order valence-corrected chi connectivity index (χ4v) is 1.83. The van der Waals surface area contributed by atoms with Crippen LogP contribution in [-0.4, -0.2) is 13.1 Å². The largest absolute Gasteiger partial charge is 0.399 e. The highest BCUT2D eigenvalue weighted by Gasteiger charge is 2.07. The van der Waals surface area contributed by atoms with E-state index in [2.05, 4.69) is 44.7 Å². The van der Waals surface area contributed by atoms with E-state index in [4.69, 9.17) is 5.73 Å². The molecule has 1 aromatic carbocycles. The fraction of sp³-hybridized carbons (Fsp3) is 0.538. The Morgan fingerprint density at radius 1 is 1.27 bits per heavy atom. The summed E-state index contributed by atoms with van der Waals surface area (Å²) in [4.78, 5) is 2.37. The standard InChI is InChI=1S/C13H22N2/c1-5-15(9-10(2)3)13-7-11(4)6-12(14)8-13/h6-8,10H,5,9,14H2,1-4H3. The predicted molar refractivity (Wildman–Crippen MR) is 68.3 cm³/mol. The fourth-order valence-electron chi connectivity index (χ4n) is 1.83. The second kappa shape index (κ2) is 5.06. The molecule has 0 radical (unpaired) electrons. The molecule has 2 N–H and O–H groups in total. The minimum absolute atomic E-state index is 0.673. The van der Waals surface area contributed by atoms with E-state index in [0.717, 1.165) is 18.8 Å². The van der Waals surface area contributed by atoms with Crippen molar-refractivity contribution in [1.82, 2.24) is 0 Å². The van der Waals surface area contributed by atoms with Crippen LogP contribution in [0.15, 0.2) is 18.2 Å². The average Bonchev–Trinajstić information content (AvgIpc) is 2.12. The smallest absolute Gasteiger partial charge is 0.0389 e. The van der Waals surface area contributed by atoms with Crippen LogP contribution in [0.3, 0.4) is 0 Å². The van der Waals surface area contributed by atoms with Crippen molar-refractivity contribution in [2.24, 2.45) is 5.92 Å². The SMILES string of the molecule is CCN(CC(C)C)c1cc(C)cc(N)c1. The number of anilines is 2. The maximum Gasteiger partial charge on any atom is 0.0389 e. The van der Waals surface area contributed by atoms with Crippen molar-refractivity contribution in [3.05, 3.63) is 23.8 Å². The summed E-state index contributed by atoms with van der Waals surface area (Å²) in [5, 5.41) is 0. The maximum atomic E-state index is 5.86. The van der Waals surface area contributed by atoms with Crippen LogP contribution in [0.5, 0.6) is 0 Å². The number of nitrogens with two attached hydrogens (primary N) is 1. The Hall–Kier alpha value is -1.18. The third-order valence-corrected chi connectivity index (χ3v) is 2.42. The second-order valence-corrected chi connectivity index (χ2v) is 4.53. The van der Waals surface area contributed by atoms with E-state index in [1.54, 1.807) is 0 Å². The summed E-state index contributed by atoms with van der Waals surface area (Å²) in [5.41, 5.74) is 9.18. The lowest BCUT2D eigenvalue weighted by Gasteiger charge is -2.25. The highest BCUT2D eigenvalue weighted by atomic mass is 15.1. The van der Waals surface area contributed by atoms with Gasteiger partial charge in [0.05, 0.1) is 0 Å². The molecule has 0 spiro atoms. The van der Waals surface area contributed by atoms with Gasteiger partial charge in [0, 0.05) is 24.5 Å². The van der Waals surface area contributed by atoms with Gasteiger partial charge in [-0.1, -0.05) is 13.8 Å². The molecule has 15 heavy (non-hydrogen) atoms. The van der Waals surface area contributed by atoms with E-state index >= 15 is 0 Å². The molecule has 0 saturated heterocycles. The van der Waals surface area contributed by atoms with E-state index in [0.29, 0.717) is 5.92 Å². The van der Waals surface area contributed by atoms with Crippen molar-refractivity contribution in [2.75, 3.05) is 23.7 Å². The number of hydrogen-bond donors (Lipinski definition) is 1. The summed E-state index contributed by atoms with van der Waals surface area (Å²) >= 11 is 0. The molecular formula is C13H22N2. The van der Waals surface area contributed by atoms with Gasteiger partial charge in [0.1, 0.15) is 0 Å². The molecule has 0 atom stereocenters. The molecule has 0 unspecified atom stereocenters. The van der Waals surface area contributed by atoms with Crippen molar-refractivity contribution in [1.29, 1.82) is 0 Å². The molecule has 0 bridgehead atoms. The lowest BCUT2D eigenvalue weighted by molar-refractivity contribution is 0.619. The number of nitrogen functional groups attached to an aromatic ring is 1. The summed E-state index contributed by atoms with van der Waals surface area (Å²) in [5.74, 6) is 0.673. The van der Waals surface area contributed by atoms with Crippen molar-refractivity contribution in [3.63, 3.8) is 0 Å². The van der Waals surface area contributed by atoms with E-state index < -0.39 is 0 Å². The first-order valence-corrected chi connectivity index (χ1v) is 5.65. The molecule has 2 heteroatoms. The Kier molecular flexibility index (Phi) is 4.01. The van der Waals surface area contributed by atoms with Gasteiger partial charge in [-0.3, -0.25) is 0 Å². The summed E-state index contributed by atoms with van der Waals surface area (Å²) < 4.78 is 0. The molecule has 0 fully saturated rings. The molecular weight excluding hydrogens is 184 g/mol. The van der Waals surface area contributed by atoms with Crippen molar-refractivity contribution < 1.29 is 0 Å². The van der Waals surface area contributed by atoms with E-state index in [-0.39, 0.29) is 0 Å². The zero-order chi connectivity index (χ0) is 11.4. The van der Waals surface area contributed by atoms with Crippen molar-refractivity contribution >= 4 is 11.4 Å². The topological polar surface area (TPSA) is 29.3 Å². The Morgan fingerprint density at radius 3 is 2.40 bits per heavy atom. The van der Waals surface area contributed by atoms with Gasteiger partial charge in [0.2, 0.25) is 0 Å². The lowest BCUT2D eigenvalue weighted by atomic mass is 10.1. The van der Waals surface area contributed by atoms with E-state index in [1.807, 2.05) is 6.07 Å². The monoisotopic (exact) mass is 206 g/mol. The number of aryl methyl sites for hydroxylation is 1. The Bertz CT molecular complexity index is 298. The minimum atomic E-state index is 0.673. The zero-order valence-corrected chi connectivity index (χ0v) is 10.2. The van der Waals surface area contributed by atoms with Crippen LogP contribution in [0.4, 0.5) is 11.4 Å². The Morgan fingerprint density at radius 2 is 1.93 bits per heavy atom. The van der Waals surface area contributed by atoms with Crippen LogP contribution in [0.2, 0.25) is 0 Å². The summed E-state index contributed by atoms with van der Waals surface area (Å²) in [6.07, 6.45) is 0. The number of nitrogens with zero attached hydrogens (tertiary/aromatic N) is 1. The number of hydrogen-bond acceptors (Lipinski definition) is 2. The third kappa shape index (κ3) is 3.46. The molecule has 0 aromatic heterocycles. The molecule has 0 heterocycles. The second-order valence-electron chi connectivity index (χ2n) is 4.53. The van der Waals surface area contributed by atoms with E-state index in [9.17, 15) is 0 Å². The van der Waals surface area contributed by atoms with E-state index in [1.165, 1.54) is 11.3 Å². The van der Waals surface area contributed by atoms with Gasteiger partial charge in [0.15, 0.2) is 0 Å². The van der Waals surface area contributed by atoms with Crippen LogP contribution < -0.4 is 10.6 Å². The van der Waals surface area contributed by atoms with Gasteiger partial charge in [-0.2, -0.15) is 0 Å². The highest BCUT2D eigenvalue weighted by molar-refractivity contribution is 5.58. The van der Waals surface area contributed by atoms with Gasteiger partial charge in [-0.25, -0.2) is 0 Å².